The zero-order chi connectivity index (χ0) is 11.4. The molecule has 5 nitrogen and oxygen atoms in total. The summed E-state index contributed by atoms with van der Waals surface area (Å²) in [6, 6.07) is 8.13. The fraction of sp³-hybridized carbons (Fsp3) is 0. The van der Waals surface area contributed by atoms with Crippen molar-refractivity contribution in [1.82, 2.24) is 4.98 Å². The highest BCUT2D eigenvalue weighted by Gasteiger charge is 2.06. The summed E-state index contributed by atoms with van der Waals surface area (Å²) in [6.07, 6.45) is 1.22. The van der Waals surface area contributed by atoms with E-state index in [4.69, 9.17) is 5.73 Å². The number of para-hydroxylation sites is 1. The largest absolute Gasteiger partial charge is 0.393 e. The number of carbonyl (C=O) groups is 1. The zero-order valence-electron chi connectivity index (χ0n) is 8.20. The second kappa shape index (κ2) is 4.63. The molecule has 6 heteroatoms. The number of fused-ring (bicyclic) bond motifs is 1. The summed E-state index contributed by atoms with van der Waals surface area (Å²) in [5.74, 6) is -0.444. The van der Waals surface area contributed by atoms with Gasteiger partial charge in [0.15, 0.2) is 0 Å². The van der Waals surface area contributed by atoms with Crippen LogP contribution in [0, 0.1) is 0 Å². The number of nitrogens with zero attached hydrogens (tertiary/aromatic N) is 3. The zero-order valence-corrected chi connectivity index (χ0v) is 9.02. The van der Waals surface area contributed by atoms with Crippen molar-refractivity contribution in [2.45, 2.75) is 0 Å². The van der Waals surface area contributed by atoms with Crippen LogP contribution in [0.2, 0.25) is 0 Å². The van der Waals surface area contributed by atoms with Crippen molar-refractivity contribution in [1.29, 1.82) is 0 Å². The van der Waals surface area contributed by atoms with Gasteiger partial charge in [-0.3, -0.25) is 4.79 Å². The Bertz CT molecular complexity index is 543. The Morgan fingerprint density at radius 3 is 2.62 bits per heavy atom. The standard InChI is InChI=1S/C7H5NS.C3H3N3O/c1-2-4-7-6(3-1)8-5-9-7;4-2-1-5-6-3(2)7/h1-5H;1H,(H2,4,6,7). The highest BCUT2D eigenvalue weighted by Crippen LogP contribution is 2.15. The molecule has 3 rings (SSSR count). The third-order valence-corrected chi connectivity index (χ3v) is 2.64. The average Bonchev–Trinajstić information content (AvgIpc) is 2.89. The van der Waals surface area contributed by atoms with Crippen LogP contribution < -0.4 is 5.73 Å². The fourth-order valence-corrected chi connectivity index (χ4v) is 1.74. The Morgan fingerprint density at radius 2 is 2.06 bits per heavy atom. The molecule has 0 saturated heterocycles. The van der Waals surface area contributed by atoms with Crippen molar-refractivity contribution in [2.24, 2.45) is 16.0 Å². The number of azo groups is 1. The monoisotopic (exact) mass is 232 g/mol. The molecule has 1 aromatic heterocycles. The molecule has 0 fully saturated rings. The molecule has 0 radical (unpaired) electrons. The number of carbonyl (C=O) groups excluding carboxylic acids is 1. The summed E-state index contributed by atoms with van der Waals surface area (Å²) in [5.41, 5.74) is 8.08. The lowest BCUT2D eigenvalue weighted by molar-refractivity contribution is -0.114. The van der Waals surface area contributed by atoms with E-state index in [1.807, 2.05) is 23.7 Å². The summed E-state index contributed by atoms with van der Waals surface area (Å²) in [6.45, 7) is 0. The van der Waals surface area contributed by atoms with Crippen LogP contribution in [-0.4, -0.2) is 10.9 Å². The van der Waals surface area contributed by atoms with Gasteiger partial charge in [-0.1, -0.05) is 12.1 Å². The van der Waals surface area contributed by atoms with E-state index in [9.17, 15) is 4.79 Å². The minimum Gasteiger partial charge on any atom is -0.393 e. The minimum atomic E-state index is -0.444. The van der Waals surface area contributed by atoms with Crippen LogP contribution in [0.4, 0.5) is 0 Å². The van der Waals surface area contributed by atoms with Gasteiger partial charge < -0.3 is 5.73 Å². The highest BCUT2D eigenvalue weighted by molar-refractivity contribution is 7.16. The van der Waals surface area contributed by atoms with Gasteiger partial charge in [-0.05, 0) is 12.1 Å². The first kappa shape index (κ1) is 10.4. The molecule has 0 aliphatic carbocycles. The lowest BCUT2D eigenvalue weighted by atomic mass is 10.3. The van der Waals surface area contributed by atoms with Gasteiger partial charge in [0.2, 0.25) is 0 Å². The van der Waals surface area contributed by atoms with Crippen molar-refractivity contribution in [3.05, 3.63) is 41.7 Å². The van der Waals surface area contributed by atoms with Crippen LogP contribution in [0.5, 0.6) is 0 Å². The lowest BCUT2D eigenvalue weighted by Crippen LogP contribution is -2.03. The average molecular weight is 232 g/mol. The first-order chi connectivity index (χ1) is 7.77. The normalized spacial score (nSPS) is 13.5. The molecule has 0 saturated carbocycles. The smallest absolute Gasteiger partial charge is 0.312 e. The predicted molar refractivity (Wildman–Crippen MR) is 61.8 cm³/mol. The van der Waals surface area contributed by atoms with Crippen molar-refractivity contribution in [3.63, 3.8) is 0 Å². The molecule has 0 unspecified atom stereocenters. The lowest BCUT2D eigenvalue weighted by Gasteiger charge is -1.80. The third-order valence-electron chi connectivity index (χ3n) is 1.83. The summed E-state index contributed by atoms with van der Waals surface area (Å²) >= 11 is 1.68. The molecule has 80 valence electrons. The predicted octanol–water partition coefficient (Wildman–Crippen LogP) is 2.08. The molecule has 2 N–H and O–H groups in total. The van der Waals surface area contributed by atoms with Gasteiger partial charge in [-0.15, -0.1) is 16.5 Å². The van der Waals surface area contributed by atoms with Crippen molar-refractivity contribution in [3.8, 4) is 0 Å². The van der Waals surface area contributed by atoms with Crippen molar-refractivity contribution >= 4 is 27.5 Å². The minimum absolute atomic E-state index is 0.111. The van der Waals surface area contributed by atoms with Crippen LogP contribution in [0.3, 0.4) is 0 Å². The Kier molecular flexibility index (Phi) is 3.02. The number of benzene rings is 1. The summed E-state index contributed by atoms with van der Waals surface area (Å²) in [4.78, 5) is 14.3. The third kappa shape index (κ3) is 2.29. The van der Waals surface area contributed by atoms with Gasteiger partial charge in [0.05, 0.1) is 21.9 Å². The molecule has 1 amide bonds. The van der Waals surface area contributed by atoms with E-state index in [0.717, 1.165) is 5.52 Å². The van der Waals surface area contributed by atoms with Crippen LogP contribution in [0.1, 0.15) is 0 Å². The second-order valence-electron chi connectivity index (χ2n) is 2.93. The van der Waals surface area contributed by atoms with Crippen molar-refractivity contribution < 1.29 is 4.79 Å². The molecule has 0 spiro atoms. The Balaban J connectivity index is 0.000000125. The number of aromatic nitrogens is 1. The molecular weight excluding hydrogens is 224 g/mol. The maximum atomic E-state index is 10.1. The Morgan fingerprint density at radius 1 is 1.25 bits per heavy atom. The molecule has 2 heterocycles. The van der Waals surface area contributed by atoms with E-state index in [-0.39, 0.29) is 5.70 Å². The Hall–Kier alpha value is -2.08. The Labute approximate surface area is 95.3 Å². The van der Waals surface area contributed by atoms with E-state index in [0.29, 0.717) is 0 Å². The van der Waals surface area contributed by atoms with Gasteiger partial charge in [0.25, 0.3) is 0 Å². The molecule has 1 aliphatic heterocycles. The van der Waals surface area contributed by atoms with Crippen LogP contribution >= 0.6 is 11.3 Å². The van der Waals surface area contributed by atoms with E-state index in [2.05, 4.69) is 21.3 Å². The molecule has 0 bridgehead atoms. The number of amides is 1. The van der Waals surface area contributed by atoms with E-state index in [1.54, 1.807) is 11.3 Å². The maximum Gasteiger partial charge on any atom is 0.312 e. The first-order valence-corrected chi connectivity index (χ1v) is 5.34. The van der Waals surface area contributed by atoms with Crippen molar-refractivity contribution in [2.75, 3.05) is 0 Å². The van der Waals surface area contributed by atoms with E-state index < -0.39 is 5.91 Å². The number of rotatable bonds is 0. The maximum absolute atomic E-state index is 10.1. The van der Waals surface area contributed by atoms with Gasteiger partial charge in [0.1, 0.15) is 5.70 Å². The van der Waals surface area contributed by atoms with Gasteiger partial charge >= 0.3 is 5.91 Å². The van der Waals surface area contributed by atoms with E-state index in [1.165, 1.54) is 10.9 Å². The molecule has 0 atom stereocenters. The highest BCUT2D eigenvalue weighted by atomic mass is 32.1. The molecule has 1 aromatic carbocycles. The quantitative estimate of drug-likeness (QED) is 0.755. The van der Waals surface area contributed by atoms with Crippen LogP contribution in [0.25, 0.3) is 10.2 Å². The second-order valence-corrected chi connectivity index (χ2v) is 3.81. The molecule has 2 aromatic rings. The summed E-state index contributed by atoms with van der Waals surface area (Å²) in [7, 11) is 0. The number of hydrogen-bond donors (Lipinski definition) is 1. The number of thiazole rings is 1. The van der Waals surface area contributed by atoms with Gasteiger partial charge in [-0.25, -0.2) is 4.98 Å². The molecular formula is C10H8N4OS. The summed E-state index contributed by atoms with van der Waals surface area (Å²) < 4.78 is 1.26. The van der Waals surface area contributed by atoms with Gasteiger partial charge in [-0.2, -0.15) is 5.11 Å². The van der Waals surface area contributed by atoms with E-state index >= 15 is 0 Å². The van der Waals surface area contributed by atoms with Crippen LogP contribution in [-0.2, 0) is 4.79 Å². The first-order valence-electron chi connectivity index (χ1n) is 4.46. The fourth-order valence-electron chi connectivity index (χ4n) is 1.06. The molecule has 1 aliphatic rings. The number of hydrogen-bond acceptors (Lipinski definition) is 5. The SMILES string of the molecule is NC1=CN=NC1=O.c1ccc2scnc2c1. The molecule has 16 heavy (non-hydrogen) atoms. The van der Waals surface area contributed by atoms with Crippen LogP contribution in [0.15, 0.2) is 51.9 Å². The summed E-state index contributed by atoms with van der Waals surface area (Å²) in [5, 5.41) is 6.32. The van der Waals surface area contributed by atoms with Gasteiger partial charge in [0, 0.05) is 0 Å². The number of nitrogens with two attached hydrogens (primary N) is 1. The topological polar surface area (TPSA) is 80.7 Å².